The molecule has 0 unspecified atom stereocenters. The fourth-order valence-corrected chi connectivity index (χ4v) is 0.899. The zero-order chi connectivity index (χ0) is 9.40. The van der Waals surface area contributed by atoms with Gasteiger partial charge >= 0.3 is 5.97 Å². The van der Waals surface area contributed by atoms with Gasteiger partial charge in [0, 0.05) is 6.54 Å². The highest BCUT2D eigenvalue weighted by atomic mass is 16.5. The molecule has 0 aliphatic heterocycles. The van der Waals surface area contributed by atoms with Crippen LogP contribution in [0.5, 0.6) is 0 Å². The van der Waals surface area contributed by atoms with Gasteiger partial charge in [0.05, 0.1) is 7.11 Å². The monoisotopic (exact) mass is 171 g/mol. The van der Waals surface area contributed by atoms with Gasteiger partial charge in [-0.3, -0.25) is 4.99 Å². The number of hydrogen-bond donors (Lipinski definition) is 0. The summed E-state index contributed by atoms with van der Waals surface area (Å²) in [6.45, 7) is 4.64. The maximum Gasteiger partial charge on any atom is 0.351 e. The molecule has 0 aliphatic rings. The van der Waals surface area contributed by atoms with Crippen LogP contribution in [0.25, 0.3) is 0 Å². The Hall–Kier alpha value is -0.860. The Morgan fingerprint density at radius 3 is 2.50 bits per heavy atom. The standard InChI is InChI=1S/C9H17NO2/c1-4-6-7-8(10-5-2)9(11)12-3/h4-7H2,1-3H3. The number of methoxy groups -OCH3 is 1. The molecule has 0 rings (SSSR count). The number of rotatable bonds is 5. The van der Waals surface area contributed by atoms with Crippen LogP contribution in [0.3, 0.4) is 0 Å². The number of aliphatic imine (C=N–C) groups is 1. The lowest BCUT2D eigenvalue weighted by atomic mass is 10.2. The van der Waals surface area contributed by atoms with Gasteiger partial charge in [0.25, 0.3) is 0 Å². The third kappa shape index (κ3) is 4.11. The van der Waals surface area contributed by atoms with E-state index >= 15 is 0 Å². The summed E-state index contributed by atoms with van der Waals surface area (Å²) in [6, 6.07) is 0. The SMILES string of the molecule is CCCCC(=NCC)C(=O)OC. The average molecular weight is 171 g/mol. The lowest BCUT2D eigenvalue weighted by Gasteiger charge is -2.02. The molecule has 0 N–H and O–H groups in total. The van der Waals surface area contributed by atoms with Crippen LogP contribution in [0.15, 0.2) is 4.99 Å². The number of unbranched alkanes of at least 4 members (excludes halogenated alkanes) is 1. The van der Waals surface area contributed by atoms with E-state index in [0.717, 1.165) is 19.3 Å². The minimum absolute atomic E-state index is 0.287. The summed E-state index contributed by atoms with van der Waals surface area (Å²) in [5.74, 6) is -0.287. The maximum absolute atomic E-state index is 11.1. The molecule has 0 aromatic carbocycles. The Bertz CT molecular complexity index is 164. The van der Waals surface area contributed by atoms with Gasteiger partial charge in [-0.2, -0.15) is 0 Å². The van der Waals surface area contributed by atoms with Gasteiger partial charge in [-0.25, -0.2) is 4.79 Å². The third-order valence-corrected chi connectivity index (χ3v) is 1.54. The zero-order valence-corrected chi connectivity index (χ0v) is 8.09. The summed E-state index contributed by atoms with van der Waals surface area (Å²) in [5, 5.41) is 0. The molecule has 0 amide bonds. The van der Waals surface area contributed by atoms with Crippen molar-refractivity contribution in [3.8, 4) is 0 Å². The van der Waals surface area contributed by atoms with Gasteiger partial charge in [0.2, 0.25) is 0 Å². The Labute approximate surface area is 73.8 Å². The zero-order valence-electron chi connectivity index (χ0n) is 8.09. The molecule has 0 aliphatic carbocycles. The Balaban J connectivity index is 4.04. The van der Waals surface area contributed by atoms with E-state index < -0.39 is 0 Å². The van der Waals surface area contributed by atoms with E-state index in [-0.39, 0.29) is 5.97 Å². The van der Waals surface area contributed by atoms with Crippen molar-refractivity contribution >= 4 is 11.7 Å². The molecular formula is C9H17NO2. The van der Waals surface area contributed by atoms with Crippen LogP contribution in [0, 0.1) is 0 Å². The second kappa shape index (κ2) is 6.83. The van der Waals surface area contributed by atoms with E-state index in [4.69, 9.17) is 0 Å². The van der Waals surface area contributed by atoms with E-state index in [1.54, 1.807) is 0 Å². The van der Waals surface area contributed by atoms with Gasteiger partial charge < -0.3 is 4.74 Å². The van der Waals surface area contributed by atoms with Gasteiger partial charge in [-0.05, 0) is 19.8 Å². The molecule has 0 heterocycles. The highest BCUT2D eigenvalue weighted by molar-refractivity contribution is 6.36. The van der Waals surface area contributed by atoms with E-state index in [1.165, 1.54) is 7.11 Å². The number of carbonyl (C=O) groups excluding carboxylic acids is 1. The lowest BCUT2D eigenvalue weighted by Crippen LogP contribution is -2.16. The molecule has 0 spiro atoms. The second-order valence-corrected chi connectivity index (χ2v) is 2.52. The number of esters is 1. The largest absolute Gasteiger partial charge is 0.465 e. The third-order valence-electron chi connectivity index (χ3n) is 1.54. The van der Waals surface area contributed by atoms with Crippen LogP contribution in [0.4, 0.5) is 0 Å². The van der Waals surface area contributed by atoms with Crippen LogP contribution in [-0.4, -0.2) is 25.3 Å². The number of ether oxygens (including phenoxy) is 1. The van der Waals surface area contributed by atoms with Crippen LogP contribution in [0.2, 0.25) is 0 Å². The molecule has 70 valence electrons. The molecular weight excluding hydrogens is 154 g/mol. The first-order valence-corrected chi connectivity index (χ1v) is 4.37. The van der Waals surface area contributed by atoms with E-state index in [1.807, 2.05) is 6.92 Å². The van der Waals surface area contributed by atoms with Gasteiger partial charge in [-0.15, -0.1) is 0 Å². The van der Waals surface area contributed by atoms with E-state index in [0.29, 0.717) is 12.3 Å². The summed E-state index contributed by atoms with van der Waals surface area (Å²) in [4.78, 5) is 15.1. The summed E-state index contributed by atoms with van der Waals surface area (Å²) < 4.78 is 4.59. The predicted molar refractivity (Wildman–Crippen MR) is 49.5 cm³/mol. The number of hydrogen-bond acceptors (Lipinski definition) is 3. The smallest absolute Gasteiger partial charge is 0.351 e. The Morgan fingerprint density at radius 2 is 2.08 bits per heavy atom. The summed E-state index contributed by atoms with van der Waals surface area (Å²) in [7, 11) is 1.39. The molecule has 0 aromatic rings. The van der Waals surface area contributed by atoms with Crippen molar-refractivity contribution in [2.45, 2.75) is 33.1 Å². The average Bonchev–Trinajstić information content (AvgIpc) is 2.11. The van der Waals surface area contributed by atoms with Crippen molar-refractivity contribution in [2.24, 2.45) is 4.99 Å². The summed E-state index contributed by atoms with van der Waals surface area (Å²) in [5.41, 5.74) is 0.571. The van der Waals surface area contributed by atoms with Crippen LogP contribution in [-0.2, 0) is 9.53 Å². The van der Waals surface area contributed by atoms with Gasteiger partial charge in [-0.1, -0.05) is 13.3 Å². The van der Waals surface area contributed by atoms with Crippen molar-refractivity contribution in [2.75, 3.05) is 13.7 Å². The quantitative estimate of drug-likeness (QED) is 0.467. The molecule has 0 saturated carbocycles. The fourth-order valence-electron chi connectivity index (χ4n) is 0.899. The van der Waals surface area contributed by atoms with E-state index in [9.17, 15) is 4.79 Å². The molecule has 3 heteroatoms. The molecule has 0 radical (unpaired) electrons. The van der Waals surface area contributed by atoms with Crippen LogP contribution >= 0.6 is 0 Å². The number of nitrogens with zero attached hydrogens (tertiary/aromatic N) is 1. The van der Waals surface area contributed by atoms with Crippen molar-refractivity contribution in [3.63, 3.8) is 0 Å². The minimum Gasteiger partial charge on any atom is -0.465 e. The van der Waals surface area contributed by atoms with Crippen molar-refractivity contribution in [3.05, 3.63) is 0 Å². The van der Waals surface area contributed by atoms with Gasteiger partial charge in [0.1, 0.15) is 5.71 Å². The molecule has 12 heavy (non-hydrogen) atoms. The van der Waals surface area contributed by atoms with Crippen molar-refractivity contribution in [1.82, 2.24) is 0 Å². The highest BCUT2D eigenvalue weighted by Gasteiger charge is 2.09. The lowest BCUT2D eigenvalue weighted by molar-refractivity contribution is -0.132. The van der Waals surface area contributed by atoms with Crippen LogP contribution < -0.4 is 0 Å². The van der Waals surface area contributed by atoms with E-state index in [2.05, 4.69) is 16.7 Å². The Morgan fingerprint density at radius 1 is 1.42 bits per heavy atom. The topological polar surface area (TPSA) is 38.7 Å². The molecule has 3 nitrogen and oxygen atoms in total. The normalized spacial score (nSPS) is 11.4. The number of carbonyl (C=O) groups is 1. The first kappa shape index (κ1) is 11.1. The second-order valence-electron chi connectivity index (χ2n) is 2.52. The van der Waals surface area contributed by atoms with Crippen LogP contribution in [0.1, 0.15) is 33.1 Å². The molecule has 0 atom stereocenters. The minimum atomic E-state index is -0.287. The predicted octanol–water partition coefficient (Wildman–Crippen LogP) is 1.81. The molecule has 0 saturated heterocycles. The fraction of sp³-hybridized carbons (Fsp3) is 0.778. The van der Waals surface area contributed by atoms with Crippen molar-refractivity contribution < 1.29 is 9.53 Å². The summed E-state index contributed by atoms with van der Waals surface area (Å²) >= 11 is 0. The first-order valence-electron chi connectivity index (χ1n) is 4.37. The Kier molecular flexibility index (Phi) is 6.34. The molecule has 0 bridgehead atoms. The maximum atomic E-state index is 11.1. The van der Waals surface area contributed by atoms with Gasteiger partial charge in [0.15, 0.2) is 0 Å². The molecule has 0 fully saturated rings. The first-order chi connectivity index (χ1) is 5.76. The highest BCUT2D eigenvalue weighted by Crippen LogP contribution is 1.99. The molecule has 0 aromatic heterocycles. The summed E-state index contributed by atoms with van der Waals surface area (Å²) in [6.07, 6.45) is 2.80. The van der Waals surface area contributed by atoms with Crippen molar-refractivity contribution in [1.29, 1.82) is 0 Å².